The maximum atomic E-state index is 13.5. The zero-order chi connectivity index (χ0) is 19.2. The molecule has 0 fully saturated rings. The van der Waals surface area contributed by atoms with Crippen molar-refractivity contribution < 1.29 is 22.3 Å². The molecule has 140 valence electrons. The number of sulfone groups is 1. The Morgan fingerprint density at radius 3 is 2.54 bits per heavy atom. The Morgan fingerprint density at radius 2 is 1.88 bits per heavy atom. The first-order valence-electron chi connectivity index (χ1n) is 8.22. The average molecular weight is 379 g/mol. The van der Waals surface area contributed by atoms with Crippen LogP contribution < -0.4 is 10.1 Å². The number of carbonyl (C=O) groups is 1. The number of unbranched alkanes of at least 4 members (excludes halogenated alkanes) is 1. The predicted octanol–water partition coefficient (Wildman–Crippen LogP) is 2.99. The number of nitrogens with one attached hydrogen (secondary N) is 1. The van der Waals surface area contributed by atoms with E-state index in [1.165, 1.54) is 31.4 Å². The highest BCUT2D eigenvalue weighted by Crippen LogP contribution is 2.24. The quantitative estimate of drug-likeness (QED) is 0.716. The van der Waals surface area contributed by atoms with Crippen molar-refractivity contribution in [3.8, 4) is 5.75 Å². The van der Waals surface area contributed by atoms with E-state index >= 15 is 0 Å². The van der Waals surface area contributed by atoms with Crippen LogP contribution in [0.5, 0.6) is 5.75 Å². The van der Waals surface area contributed by atoms with Crippen molar-refractivity contribution in [3.63, 3.8) is 0 Å². The van der Waals surface area contributed by atoms with Crippen molar-refractivity contribution in [3.05, 3.63) is 59.4 Å². The maximum absolute atomic E-state index is 13.5. The fourth-order valence-corrected chi connectivity index (χ4v) is 3.41. The molecule has 0 aliphatic rings. The van der Waals surface area contributed by atoms with Crippen LogP contribution >= 0.6 is 0 Å². The number of rotatable bonds is 8. The lowest BCUT2D eigenvalue weighted by Gasteiger charge is -2.10. The van der Waals surface area contributed by atoms with Crippen LogP contribution in [0.25, 0.3) is 0 Å². The molecule has 0 heterocycles. The molecule has 26 heavy (non-hydrogen) atoms. The maximum Gasteiger partial charge on any atom is 0.251 e. The second-order valence-corrected chi connectivity index (χ2v) is 7.93. The molecule has 0 aliphatic carbocycles. The fourth-order valence-electron chi connectivity index (χ4n) is 2.55. The summed E-state index contributed by atoms with van der Waals surface area (Å²) in [4.78, 5) is 12.2. The van der Waals surface area contributed by atoms with Crippen LogP contribution in [0.1, 0.15) is 28.8 Å². The summed E-state index contributed by atoms with van der Waals surface area (Å²) < 4.78 is 42.2. The first-order chi connectivity index (χ1) is 12.3. The summed E-state index contributed by atoms with van der Waals surface area (Å²) in [5.74, 6) is -0.375. The van der Waals surface area contributed by atoms with Crippen LogP contribution in [0.2, 0.25) is 0 Å². The van der Waals surface area contributed by atoms with Crippen LogP contribution in [0.15, 0.2) is 47.4 Å². The molecular formula is C19H22FNO4S. The van der Waals surface area contributed by atoms with Gasteiger partial charge in [0.2, 0.25) is 0 Å². The molecule has 2 aromatic rings. The molecule has 0 bridgehead atoms. The molecule has 2 rings (SSSR count). The van der Waals surface area contributed by atoms with Gasteiger partial charge < -0.3 is 10.1 Å². The second kappa shape index (κ2) is 8.80. The molecule has 1 amide bonds. The third-order valence-electron chi connectivity index (χ3n) is 3.94. The lowest BCUT2D eigenvalue weighted by atomic mass is 10.1. The number of amides is 1. The molecule has 0 saturated carbocycles. The number of hydrogen-bond donors (Lipinski definition) is 1. The number of halogens is 1. The lowest BCUT2D eigenvalue weighted by molar-refractivity contribution is 0.0952. The van der Waals surface area contributed by atoms with Crippen molar-refractivity contribution in [1.82, 2.24) is 5.32 Å². The van der Waals surface area contributed by atoms with Crippen molar-refractivity contribution in [2.75, 3.05) is 19.9 Å². The molecule has 0 spiro atoms. The van der Waals surface area contributed by atoms with Gasteiger partial charge in [0.15, 0.2) is 9.84 Å². The minimum Gasteiger partial charge on any atom is -0.495 e. The van der Waals surface area contributed by atoms with E-state index in [0.717, 1.165) is 12.7 Å². The van der Waals surface area contributed by atoms with E-state index in [-0.39, 0.29) is 27.9 Å². The summed E-state index contributed by atoms with van der Waals surface area (Å²) in [5, 5.41) is 2.75. The van der Waals surface area contributed by atoms with Gasteiger partial charge in [-0.3, -0.25) is 4.79 Å². The van der Waals surface area contributed by atoms with Crippen LogP contribution in [0.4, 0.5) is 4.39 Å². The van der Waals surface area contributed by atoms with Crippen LogP contribution in [0, 0.1) is 5.82 Å². The van der Waals surface area contributed by atoms with Gasteiger partial charge in [-0.2, -0.15) is 0 Å². The number of hydrogen-bond acceptors (Lipinski definition) is 4. The Balaban J connectivity index is 1.89. The summed E-state index contributed by atoms with van der Waals surface area (Å²) >= 11 is 0. The molecular weight excluding hydrogens is 357 g/mol. The zero-order valence-corrected chi connectivity index (χ0v) is 15.6. The Labute approximate surface area is 153 Å². The highest BCUT2D eigenvalue weighted by Gasteiger charge is 2.17. The van der Waals surface area contributed by atoms with Gasteiger partial charge >= 0.3 is 0 Å². The Hall–Kier alpha value is -2.41. The summed E-state index contributed by atoms with van der Waals surface area (Å²) in [5.41, 5.74) is 0.909. The molecule has 2 aromatic carbocycles. The van der Waals surface area contributed by atoms with E-state index in [2.05, 4.69) is 5.32 Å². The third kappa shape index (κ3) is 5.29. The molecule has 0 aromatic heterocycles. The largest absolute Gasteiger partial charge is 0.495 e. The standard InChI is InChI=1S/C19H22FNO4S/c1-25-17-11-10-15(13-18(17)26(2,23)24)19(22)21-12-6-5-8-14-7-3-4-9-16(14)20/h3-4,7,9-11,13H,5-6,8,12H2,1-2H3,(H,21,22). The van der Waals surface area contributed by atoms with E-state index in [0.29, 0.717) is 24.9 Å². The zero-order valence-electron chi connectivity index (χ0n) is 14.8. The summed E-state index contributed by atoms with van der Waals surface area (Å²) in [6.45, 7) is 0.424. The van der Waals surface area contributed by atoms with Crippen LogP contribution in [-0.4, -0.2) is 34.2 Å². The number of ether oxygens (including phenoxy) is 1. The monoisotopic (exact) mass is 379 g/mol. The van der Waals surface area contributed by atoms with Crippen molar-refractivity contribution >= 4 is 15.7 Å². The van der Waals surface area contributed by atoms with Gasteiger partial charge in [0.05, 0.1) is 7.11 Å². The minimum atomic E-state index is -3.51. The number of aryl methyl sites for hydroxylation is 1. The topological polar surface area (TPSA) is 72.5 Å². The van der Waals surface area contributed by atoms with Crippen molar-refractivity contribution in [2.24, 2.45) is 0 Å². The smallest absolute Gasteiger partial charge is 0.251 e. The summed E-state index contributed by atoms with van der Waals surface area (Å²) in [6, 6.07) is 10.9. The molecule has 0 unspecified atom stereocenters. The van der Waals surface area contributed by atoms with Gasteiger partial charge in [-0.25, -0.2) is 12.8 Å². The van der Waals surface area contributed by atoms with Gasteiger partial charge in [0, 0.05) is 18.4 Å². The van der Waals surface area contributed by atoms with Gasteiger partial charge in [-0.1, -0.05) is 18.2 Å². The van der Waals surface area contributed by atoms with Crippen LogP contribution in [0.3, 0.4) is 0 Å². The molecule has 0 saturated heterocycles. The fraction of sp³-hybridized carbons (Fsp3) is 0.316. The molecule has 1 N–H and O–H groups in total. The normalized spacial score (nSPS) is 11.2. The molecule has 7 heteroatoms. The minimum absolute atomic E-state index is 0.0211. The highest BCUT2D eigenvalue weighted by molar-refractivity contribution is 7.90. The Morgan fingerprint density at radius 1 is 1.15 bits per heavy atom. The van der Waals surface area contributed by atoms with Crippen molar-refractivity contribution in [1.29, 1.82) is 0 Å². The molecule has 0 aliphatic heterocycles. The van der Waals surface area contributed by atoms with Gasteiger partial charge in [0.1, 0.15) is 16.5 Å². The molecule has 5 nitrogen and oxygen atoms in total. The van der Waals surface area contributed by atoms with E-state index in [4.69, 9.17) is 4.74 Å². The van der Waals surface area contributed by atoms with Crippen molar-refractivity contribution in [2.45, 2.75) is 24.2 Å². The average Bonchev–Trinajstić information content (AvgIpc) is 2.61. The number of benzene rings is 2. The summed E-state index contributed by atoms with van der Waals surface area (Å²) in [6.07, 6.45) is 3.09. The Bertz CT molecular complexity index is 881. The van der Waals surface area contributed by atoms with E-state index in [1.54, 1.807) is 18.2 Å². The van der Waals surface area contributed by atoms with Gasteiger partial charge in [0.25, 0.3) is 5.91 Å². The first-order valence-corrected chi connectivity index (χ1v) is 10.1. The first kappa shape index (κ1) is 19.9. The molecule has 0 atom stereocenters. The number of methoxy groups -OCH3 is 1. The van der Waals surface area contributed by atoms with Gasteiger partial charge in [-0.05, 0) is 49.1 Å². The molecule has 0 radical (unpaired) electrons. The number of carbonyl (C=O) groups excluding carboxylic acids is 1. The van der Waals surface area contributed by atoms with Crippen LogP contribution in [-0.2, 0) is 16.3 Å². The second-order valence-electron chi connectivity index (χ2n) is 5.94. The SMILES string of the molecule is COc1ccc(C(=O)NCCCCc2ccccc2F)cc1S(C)(=O)=O. The summed E-state index contributed by atoms with van der Waals surface area (Å²) in [7, 11) is -2.13. The van der Waals surface area contributed by atoms with E-state index in [1.807, 2.05) is 0 Å². The highest BCUT2D eigenvalue weighted by atomic mass is 32.2. The Kier molecular flexibility index (Phi) is 6.74. The third-order valence-corrected chi connectivity index (χ3v) is 5.06. The van der Waals surface area contributed by atoms with E-state index in [9.17, 15) is 17.6 Å². The predicted molar refractivity (Wildman–Crippen MR) is 97.8 cm³/mol. The van der Waals surface area contributed by atoms with Gasteiger partial charge in [-0.15, -0.1) is 0 Å². The van der Waals surface area contributed by atoms with E-state index < -0.39 is 9.84 Å². The lowest BCUT2D eigenvalue weighted by Crippen LogP contribution is -2.24.